The summed E-state index contributed by atoms with van der Waals surface area (Å²) in [5.41, 5.74) is 6.33. The van der Waals surface area contributed by atoms with Crippen LogP contribution in [0.1, 0.15) is 55.2 Å². The third-order valence-corrected chi connectivity index (χ3v) is 4.81. The summed E-state index contributed by atoms with van der Waals surface area (Å²) in [6, 6.07) is 0.195. The predicted octanol–water partition coefficient (Wildman–Crippen LogP) is 2.42. The normalized spacial score (nSPS) is 26.1. The fraction of sp³-hybridized carbons (Fsp3) is 0.692. The van der Waals surface area contributed by atoms with Crippen LogP contribution in [0.5, 0.6) is 0 Å². The Kier molecular flexibility index (Phi) is 4.02. The summed E-state index contributed by atoms with van der Waals surface area (Å²) in [6.07, 6.45) is 2.29. The average molecular weight is 267 g/mol. The number of amides is 1. The highest BCUT2D eigenvalue weighted by atomic mass is 32.1. The van der Waals surface area contributed by atoms with Crippen LogP contribution in [0.25, 0.3) is 0 Å². The molecule has 2 N–H and O–H groups in total. The van der Waals surface area contributed by atoms with Crippen molar-refractivity contribution in [1.82, 2.24) is 9.88 Å². The van der Waals surface area contributed by atoms with Gasteiger partial charge in [0, 0.05) is 18.0 Å². The van der Waals surface area contributed by atoms with Crippen LogP contribution in [0.2, 0.25) is 0 Å². The van der Waals surface area contributed by atoms with Crippen LogP contribution in [0.15, 0.2) is 5.38 Å². The van der Waals surface area contributed by atoms with E-state index in [0.717, 1.165) is 18.0 Å². The maximum absolute atomic E-state index is 12.4. The number of carbonyl (C=O) groups excluding carboxylic acids is 1. The molecule has 1 fully saturated rings. The lowest BCUT2D eigenvalue weighted by Crippen LogP contribution is -2.46. The Morgan fingerprint density at radius 1 is 1.61 bits per heavy atom. The number of likely N-dealkylation sites (tertiary alicyclic amines) is 1. The number of carbonyl (C=O) groups is 1. The summed E-state index contributed by atoms with van der Waals surface area (Å²) < 4.78 is 0. The molecule has 5 heteroatoms. The van der Waals surface area contributed by atoms with E-state index in [4.69, 9.17) is 5.73 Å². The zero-order chi connectivity index (χ0) is 13.3. The van der Waals surface area contributed by atoms with Crippen LogP contribution < -0.4 is 5.73 Å². The third kappa shape index (κ3) is 2.57. The van der Waals surface area contributed by atoms with Crippen molar-refractivity contribution < 1.29 is 4.79 Å². The molecule has 1 aliphatic rings. The Balaban J connectivity index is 2.14. The van der Waals surface area contributed by atoms with Crippen LogP contribution >= 0.6 is 11.3 Å². The molecule has 0 radical (unpaired) electrons. The second-order valence-electron chi connectivity index (χ2n) is 5.22. The molecule has 3 atom stereocenters. The van der Waals surface area contributed by atoms with E-state index in [0.29, 0.717) is 17.7 Å². The lowest BCUT2D eigenvalue weighted by atomic mass is 9.92. The van der Waals surface area contributed by atoms with Gasteiger partial charge in [-0.1, -0.05) is 6.92 Å². The first-order chi connectivity index (χ1) is 8.50. The quantitative estimate of drug-likeness (QED) is 0.895. The molecule has 1 aromatic rings. The smallest absolute Gasteiger partial charge is 0.273 e. The molecule has 1 saturated heterocycles. The van der Waals surface area contributed by atoms with Gasteiger partial charge in [0.1, 0.15) is 10.7 Å². The zero-order valence-electron chi connectivity index (χ0n) is 11.2. The van der Waals surface area contributed by atoms with Crippen molar-refractivity contribution in [2.24, 2.45) is 11.7 Å². The molecular weight excluding hydrogens is 246 g/mol. The molecule has 1 aromatic heterocycles. The van der Waals surface area contributed by atoms with Crippen LogP contribution in [0.3, 0.4) is 0 Å². The molecule has 2 rings (SSSR count). The summed E-state index contributed by atoms with van der Waals surface area (Å²) in [5.74, 6) is 0.617. The van der Waals surface area contributed by atoms with Gasteiger partial charge in [0.05, 0.1) is 6.04 Å². The summed E-state index contributed by atoms with van der Waals surface area (Å²) in [7, 11) is 0. The number of hydrogen-bond acceptors (Lipinski definition) is 4. The van der Waals surface area contributed by atoms with Gasteiger partial charge in [-0.3, -0.25) is 4.79 Å². The van der Waals surface area contributed by atoms with Crippen LogP contribution in [0.4, 0.5) is 0 Å². The standard InChI is InChI=1S/C13H21N3OS/c1-8-5-4-6-16(10(8)3)13(17)11-7-18-12(15-11)9(2)14/h7-10H,4-6,14H2,1-3H3. The number of nitrogens with two attached hydrogens (primary N) is 1. The van der Waals surface area contributed by atoms with Gasteiger partial charge in [0.2, 0.25) is 0 Å². The summed E-state index contributed by atoms with van der Waals surface area (Å²) in [4.78, 5) is 18.7. The lowest BCUT2D eigenvalue weighted by molar-refractivity contribution is 0.0545. The molecule has 3 unspecified atom stereocenters. The van der Waals surface area contributed by atoms with Crippen molar-refractivity contribution in [3.05, 3.63) is 16.1 Å². The van der Waals surface area contributed by atoms with Crippen molar-refractivity contribution >= 4 is 17.2 Å². The van der Waals surface area contributed by atoms with Crippen molar-refractivity contribution in [3.8, 4) is 0 Å². The number of nitrogens with zero attached hydrogens (tertiary/aromatic N) is 2. The highest BCUT2D eigenvalue weighted by molar-refractivity contribution is 7.09. The molecule has 100 valence electrons. The summed E-state index contributed by atoms with van der Waals surface area (Å²) >= 11 is 1.47. The second kappa shape index (κ2) is 5.36. The topological polar surface area (TPSA) is 59.2 Å². The van der Waals surface area contributed by atoms with Crippen molar-refractivity contribution in [2.45, 2.75) is 45.7 Å². The molecule has 2 heterocycles. The molecule has 0 aromatic carbocycles. The third-order valence-electron chi connectivity index (χ3n) is 3.77. The minimum Gasteiger partial charge on any atom is -0.334 e. The first kappa shape index (κ1) is 13.5. The highest BCUT2D eigenvalue weighted by Gasteiger charge is 2.30. The molecule has 0 saturated carbocycles. The maximum atomic E-state index is 12.4. The summed E-state index contributed by atoms with van der Waals surface area (Å²) in [5, 5.41) is 2.66. The summed E-state index contributed by atoms with van der Waals surface area (Å²) in [6.45, 7) is 7.06. The van der Waals surface area contributed by atoms with Crippen LogP contribution in [-0.2, 0) is 0 Å². The van der Waals surface area contributed by atoms with Gasteiger partial charge in [-0.05, 0) is 32.6 Å². The van der Waals surface area contributed by atoms with Gasteiger partial charge >= 0.3 is 0 Å². The number of piperidine rings is 1. The first-order valence-corrected chi connectivity index (χ1v) is 7.40. The van der Waals surface area contributed by atoms with Gasteiger partial charge in [-0.25, -0.2) is 4.98 Å². The van der Waals surface area contributed by atoms with Crippen LogP contribution in [0, 0.1) is 5.92 Å². The SMILES string of the molecule is CC(N)c1nc(C(=O)N2CCCC(C)C2C)cs1. The monoisotopic (exact) mass is 267 g/mol. The largest absolute Gasteiger partial charge is 0.334 e. The molecule has 1 aliphatic heterocycles. The molecule has 0 spiro atoms. The zero-order valence-corrected chi connectivity index (χ0v) is 12.0. The minimum atomic E-state index is -0.103. The minimum absolute atomic E-state index is 0.0530. The maximum Gasteiger partial charge on any atom is 0.273 e. The lowest BCUT2D eigenvalue weighted by Gasteiger charge is -2.37. The van der Waals surface area contributed by atoms with E-state index >= 15 is 0 Å². The molecule has 0 bridgehead atoms. The molecular formula is C13H21N3OS. The number of hydrogen-bond donors (Lipinski definition) is 1. The Hall–Kier alpha value is -0.940. The van der Waals surface area contributed by atoms with E-state index in [9.17, 15) is 4.79 Å². The Bertz CT molecular complexity index is 430. The average Bonchev–Trinajstić information content (AvgIpc) is 2.81. The van der Waals surface area contributed by atoms with E-state index in [2.05, 4.69) is 18.8 Å². The Morgan fingerprint density at radius 3 is 2.94 bits per heavy atom. The van der Waals surface area contributed by atoms with E-state index in [-0.39, 0.29) is 11.9 Å². The molecule has 4 nitrogen and oxygen atoms in total. The predicted molar refractivity (Wildman–Crippen MR) is 73.6 cm³/mol. The fourth-order valence-corrected chi connectivity index (χ4v) is 3.12. The van der Waals surface area contributed by atoms with E-state index in [1.807, 2.05) is 17.2 Å². The Labute approximate surface area is 112 Å². The Morgan fingerprint density at radius 2 is 2.33 bits per heavy atom. The first-order valence-electron chi connectivity index (χ1n) is 6.52. The van der Waals surface area contributed by atoms with Crippen molar-refractivity contribution in [1.29, 1.82) is 0 Å². The van der Waals surface area contributed by atoms with Gasteiger partial charge < -0.3 is 10.6 Å². The van der Waals surface area contributed by atoms with Gasteiger partial charge in [-0.15, -0.1) is 11.3 Å². The fourth-order valence-electron chi connectivity index (χ4n) is 2.36. The van der Waals surface area contributed by atoms with E-state index in [1.54, 1.807) is 0 Å². The highest BCUT2D eigenvalue weighted by Crippen LogP contribution is 2.25. The number of thiazole rings is 1. The number of aromatic nitrogens is 1. The number of rotatable bonds is 2. The molecule has 1 amide bonds. The van der Waals surface area contributed by atoms with E-state index in [1.165, 1.54) is 17.8 Å². The van der Waals surface area contributed by atoms with Gasteiger partial charge in [0.25, 0.3) is 5.91 Å². The molecule has 18 heavy (non-hydrogen) atoms. The van der Waals surface area contributed by atoms with Crippen LogP contribution in [-0.4, -0.2) is 28.4 Å². The van der Waals surface area contributed by atoms with Gasteiger partial charge in [-0.2, -0.15) is 0 Å². The van der Waals surface area contributed by atoms with E-state index < -0.39 is 0 Å². The van der Waals surface area contributed by atoms with Crippen molar-refractivity contribution in [3.63, 3.8) is 0 Å². The second-order valence-corrected chi connectivity index (χ2v) is 6.11. The van der Waals surface area contributed by atoms with Gasteiger partial charge in [0.15, 0.2) is 0 Å². The molecule has 0 aliphatic carbocycles. The van der Waals surface area contributed by atoms with Crippen molar-refractivity contribution in [2.75, 3.05) is 6.54 Å².